The van der Waals surface area contributed by atoms with Crippen molar-refractivity contribution in [2.75, 3.05) is 12.4 Å². The number of amides is 1. The van der Waals surface area contributed by atoms with E-state index in [1.54, 1.807) is 0 Å². The molecule has 2 heterocycles. The number of nitrogens with zero attached hydrogens (tertiary/aromatic N) is 3. The molecule has 0 bridgehead atoms. The first-order valence-corrected chi connectivity index (χ1v) is 9.26. The summed E-state index contributed by atoms with van der Waals surface area (Å²) in [6.45, 7) is 6.30. The molecule has 2 aromatic heterocycles. The maximum Gasteiger partial charge on any atom is 0.243 e. The fourth-order valence-electron chi connectivity index (χ4n) is 2.48. The Balaban J connectivity index is 1.61. The maximum atomic E-state index is 12.5. The van der Waals surface area contributed by atoms with Crippen molar-refractivity contribution >= 4 is 22.4 Å². The standard InChI is InChI=1S/C19H22N4O2S/c1-12-5-7-15(8-6-12)17-11-26-19(20-17)21-18(24)14(3)23(4)10-16-9-13(2)25-22-16/h5-9,11,14H,10H2,1-4H3,(H,20,21,24). The zero-order valence-corrected chi connectivity index (χ0v) is 16.1. The number of thiazole rings is 1. The number of anilines is 1. The molecule has 3 rings (SSSR count). The van der Waals surface area contributed by atoms with Crippen LogP contribution < -0.4 is 5.32 Å². The molecule has 1 unspecified atom stereocenters. The van der Waals surface area contributed by atoms with E-state index in [4.69, 9.17) is 4.52 Å². The van der Waals surface area contributed by atoms with Gasteiger partial charge in [0.15, 0.2) is 5.13 Å². The Hall–Kier alpha value is -2.51. The van der Waals surface area contributed by atoms with E-state index in [2.05, 4.69) is 34.5 Å². The number of hydrogen-bond acceptors (Lipinski definition) is 6. The fraction of sp³-hybridized carbons (Fsp3) is 0.316. The van der Waals surface area contributed by atoms with E-state index in [1.165, 1.54) is 16.9 Å². The molecule has 6 nitrogen and oxygen atoms in total. The second-order valence-electron chi connectivity index (χ2n) is 6.41. The Morgan fingerprint density at radius 3 is 2.69 bits per heavy atom. The smallest absolute Gasteiger partial charge is 0.243 e. The molecule has 0 radical (unpaired) electrons. The molecule has 1 atom stereocenters. The number of aromatic nitrogens is 2. The van der Waals surface area contributed by atoms with Gasteiger partial charge in [0.2, 0.25) is 5.91 Å². The van der Waals surface area contributed by atoms with Crippen LogP contribution in [0.4, 0.5) is 5.13 Å². The van der Waals surface area contributed by atoms with Gasteiger partial charge in [-0.1, -0.05) is 35.0 Å². The topological polar surface area (TPSA) is 71.3 Å². The van der Waals surface area contributed by atoms with Crippen molar-refractivity contribution in [2.24, 2.45) is 0 Å². The van der Waals surface area contributed by atoms with Gasteiger partial charge in [0, 0.05) is 23.6 Å². The molecule has 0 aliphatic rings. The molecular formula is C19H22N4O2S. The van der Waals surface area contributed by atoms with Gasteiger partial charge in [0.25, 0.3) is 0 Å². The summed E-state index contributed by atoms with van der Waals surface area (Å²) in [5.74, 6) is 0.662. The minimum absolute atomic E-state index is 0.0995. The summed E-state index contributed by atoms with van der Waals surface area (Å²) >= 11 is 1.42. The number of rotatable bonds is 6. The molecule has 1 amide bonds. The molecule has 26 heavy (non-hydrogen) atoms. The molecule has 7 heteroatoms. The summed E-state index contributed by atoms with van der Waals surface area (Å²) in [5, 5.41) is 9.42. The molecule has 0 aliphatic heterocycles. The van der Waals surface area contributed by atoms with Crippen LogP contribution in [0.15, 0.2) is 40.2 Å². The van der Waals surface area contributed by atoms with Gasteiger partial charge in [-0.25, -0.2) is 4.98 Å². The van der Waals surface area contributed by atoms with Crippen LogP contribution in [0.1, 0.15) is 23.9 Å². The first-order chi connectivity index (χ1) is 12.4. The Bertz CT molecular complexity index is 885. The summed E-state index contributed by atoms with van der Waals surface area (Å²) in [6, 6.07) is 9.72. The van der Waals surface area contributed by atoms with Crippen LogP contribution in [-0.4, -0.2) is 34.0 Å². The highest BCUT2D eigenvalue weighted by Gasteiger charge is 2.20. The van der Waals surface area contributed by atoms with Gasteiger partial charge in [-0.2, -0.15) is 0 Å². The lowest BCUT2D eigenvalue weighted by Crippen LogP contribution is -2.39. The van der Waals surface area contributed by atoms with Gasteiger partial charge in [-0.3, -0.25) is 9.69 Å². The number of carbonyl (C=O) groups is 1. The van der Waals surface area contributed by atoms with E-state index in [-0.39, 0.29) is 11.9 Å². The summed E-state index contributed by atoms with van der Waals surface area (Å²) in [4.78, 5) is 18.9. The van der Waals surface area contributed by atoms with E-state index in [1.807, 2.05) is 49.4 Å². The molecule has 0 fully saturated rings. The second-order valence-corrected chi connectivity index (χ2v) is 7.27. The molecule has 0 saturated carbocycles. The summed E-state index contributed by atoms with van der Waals surface area (Å²) in [7, 11) is 1.88. The number of nitrogens with one attached hydrogen (secondary N) is 1. The highest BCUT2D eigenvalue weighted by Crippen LogP contribution is 2.25. The molecule has 3 aromatic rings. The average molecular weight is 370 g/mol. The predicted molar refractivity (Wildman–Crippen MR) is 103 cm³/mol. The molecule has 1 N–H and O–H groups in total. The summed E-state index contributed by atoms with van der Waals surface area (Å²) in [5.41, 5.74) is 3.92. The van der Waals surface area contributed by atoms with Gasteiger partial charge in [0.1, 0.15) is 5.76 Å². The fourth-order valence-corrected chi connectivity index (χ4v) is 3.21. The van der Waals surface area contributed by atoms with Crippen molar-refractivity contribution < 1.29 is 9.32 Å². The molecule has 136 valence electrons. The van der Waals surface area contributed by atoms with E-state index in [0.717, 1.165) is 22.7 Å². The minimum atomic E-state index is -0.321. The number of hydrogen-bond donors (Lipinski definition) is 1. The summed E-state index contributed by atoms with van der Waals surface area (Å²) < 4.78 is 5.07. The second kappa shape index (κ2) is 7.80. The van der Waals surface area contributed by atoms with Crippen molar-refractivity contribution in [3.8, 4) is 11.3 Å². The van der Waals surface area contributed by atoms with Crippen molar-refractivity contribution in [2.45, 2.75) is 33.4 Å². The average Bonchev–Trinajstić information content (AvgIpc) is 3.24. The number of aryl methyl sites for hydroxylation is 2. The lowest BCUT2D eigenvalue weighted by molar-refractivity contribution is -0.120. The third kappa shape index (κ3) is 4.36. The van der Waals surface area contributed by atoms with Crippen LogP contribution in [0, 0.1) is 13.8 Å². The lowest BCUT2D eigenvalue weighted by atomic mass is 10.1. The molecule has 0 saturated heterocycles. The van der Waals surface area contributed by atoms with Crippen LogP contribution >= 0.6 is 11.3 Å². The Morgan fingerprint density at radius 2 is 2.04 bits per heavy atom. The molecule has 0 aliphatic carbocycles. The van der Waals surface area contributed by atoms with E-state index in [9.17, 15) is 4.79 Å². The van der Waals surface area contributed by atoms with Crippen LogP contribution in [0.2, 0.25) is 0 Å². The Morgan fingerprint density at radius 1 is 1.31 bits per heavy atom. The van der Waals surface area contributed by atoms with Crippen LogP contribution in [0.5, 0.6) is 0 Å². The van der Waals surface area contributed by atoms with E-state index < -0.39 is 0 Å². The number of benzene rings is 1. The van der Waals surface area contributed by atoms with Crippen molar-refractivity contribution in [3.63, 3.8) is 0 Å². The van der Waals surface area contributed by atoms with Crippen LogP contribution in [0.3, 0.4) is 0 Å². The number of carbonyl (C=O) groups excluding carboxylic acids is 1. The van der Waals surface area contributed by atoms with Gasteiger partial charge in [-0.15, -0.1) is 11.3 Å². The Labute approximate surface area is 156 Å². The zero-order valence-electron chi connectivity index (χ0n) is 15.3. The third-order valence-corrected chi connectivity index (χ3v) is 4.97. The molecule has 0 spiro atoms. The molecule has 1 aromatic carbocycles. The van der Waals surface area contributed by atoms with Gasteiger partial charge < -0.3 is 9.84 Å². The van der Waals surface area contributed by atoms with Crippen LogP contribution in [0.25, 0.3) is 11.3 Å². The predicted octanol–water partition coefficient (Wildman–Crippen LogP) is 3.87. The zero-order chi connectivity index (χ0) is 18.7. The SMILES string of the molecule is Cc1ccc(-c2csc(NC(=O)C(C)N(C)Cc3cc(C)on3)n2)cc1. The minimum Gasteiger partial charge on any atom is -0.361 e. The van der Waals surface area contributed by atoms with Crippen molar-refractivity contribution in [1.82, 2.24) is 15.0 Å². The first kappa shape index (κ1) is 18.3. The first-order valence-electron chi connectivity index (χ1n) is 8.38. The monoisotopic (exact) mass is 370 g/mol. The summed E-state index contributed by atoms with van der Waals surface area (Å²) in [6.07, 6.45) is 0. The molecular weight excluding hydrogens is 348 g/mol. The quantitative estimate of drug-likeness (QED) is 0.713. The normalized spacial score (nSPS) is 12.3. The highest BCUT2D eigenvalue weighted by atomic mass is 32.1. The Kier molecular flexibility index (Phi) is 5.49. The lowest BCUT2D eigenvalue weighted by Gasteiger charge is -2.22. The maximum absolute atomic E-state index is 12.5. The highest BCUT2D eigenvalue weighted by molar-refractivity contribution is 7.14. The van der Waals surface area contributed by atoms with Gasteiger partial charge in [0.05, 0.1) is 17.4 Å². The van der Waals surface area contributed by atoms with E-state index >= 15 is 0 Å². The largest absolute Gasteiger partial charge is 0.361 e. The van der Waals surface area contributed by atoms with Crippen molar-refractivity contribution in [3.05, 3.63) is 52.7 Å². The van der Waals surface area contributed by atoms with Crippen LogP contribution in [-0.2, 0) is 11.3 Å². The van der Waals surface area contributed by atoms with Gasteiger partial charge in [-0.05, 0) is 27.8 Å². The number of likely N-dealkylation sites (N-methyl/N-ethyl adjacent to an activating group) is 1. The van der Waals surface area contributed by atoms with Gasteiger partial charge >= 0.3 is 0 Å². The van der Waals surface area contributed by atoms with E-state index in [0.29, 0.717) is 11.7 Å². The third-order valence-electron chi connectivity index (χ3n) is 4.21. The van der Waals surface area contributed by atoms with Crippen molar-refractivity contribution in [1.29, 1.82) is 0 Å².